The smallest absolute Gasteiger partial charge is 0.212 e. The lowest BCUT2D eigenvalue weighted by Gasteiger charge is -1.95. The van der Waals surface area contributed by atoms with E-state index in [1.165, 1.54) is 13.2 Å². The second-order valence-corrected chi connectivity index (χ2v) is 2.01. The standard InChI is InChI=1S/C8H13NO2/c1-4-8(11-3)9-5-7(2)6-10/h4-5,10H,1,6H2,2-3H3/b7-5+,9-8?. The van der Waals surface area contributed by atoms with Crippen molar-refractivity contribution in [3.63, 3.8) is 0 Å². The number of rotatable bonds is 3. The van der Waals surface area contributed by atoms with Gasteiger partial charge in [-0.2, -0.15) is 0 Å². The summed E-state index contributed by atoms with van der Waals surface area (Å²) < 4.78 is 4.80. The van der Waals surface area contributed by atoms with Crippen molar-refractivity contribution < 1.29 is 9.84 Å². The maximum absolute atomic E-state index is 8.59. The van der Waals surface area contributed by atoms with Gasteiger partial charge in [0.15, 0.2) is 0 Å². The summed E-state index contributed by atoms with van der Waals surface area (Å²) in [7, 11) is 1.52. The van der Waals surface area contributed by atoms with Crippen LogP contribution in [0.15, 0.2) is 29.4 Å². The van der Waals surface area contributed by atoms with E-state index in [9.17, 15) is 0 Å². The van der Waals surface area contributed by atoms with E-state index >= 15 is 0 Å². The average molecular weight is 155 g/mol. The molecular formula is C8H13NO2. The lowest BCUT2D eigenvalue weighted by Crippen LogP contribution is -1.94. The minimum atomic E-state index is 0.0115. The summed E-state index contributed by atoms with van der Waals surface area (Å²) >= 11 is 0. The molecule has 0 spiro atoms. The minimum Gasteiger partial charge on any atom is -0.481 e. The molecule has 0 unspecified atom stereocenters. The minimum absolute atomic E-state index is 0.0115. The molecule has 0 radical (unpaired) electrons. The van der Waals surface area contributed by atoms with Crippen LogP contribution in [0.1, 0.15) is 6.92 Å². The molecule has 11 heavy (non-hydrogen) atoms. The zero-order chi connectivity index (χ0) is 8.69. The molecule has 0 aliphatic rings. The molecule has 0 heterocycles. The van der Waals surface area contributed by atoms with Crippen LogP contribution in [-0.2, 0) is 4.74 Å². The molecular weight excluding hydrogens is 142 g/mol. The lowest BCUT2D eigenvalue weighted by molar-refractivity contribution is 0.331. The van der Waals surface area contributed by atoms with Crippen molar-refractivity contribution in [2.75, 3.05) is 13.7 Å². The summed E-state index contributed by atoms with van der Waals surface area (Å²) in [5.74, 6) is 0.442. The highest BCUT2D eigenvalue weighted by Crippen LogP contribution is 1.91. The number of nitrogens with zero attached hydrogens (tertiary/aromatic N) is 1. The molecule has 0 aliphatic heterocycles. The van der Waals surface area contributed by atoms with Gasteiger partial charge in [0, 0.05) is 6.20 Å². The highest BCUT2D eigenvalue weighted by atomic mass is 16.5. The Balaban J connectivity index is 4.17. The van der Waals surface area contributed by atoms with E-state index in [2.05, 4.69) is 11.6 Å². The van der Waals surface area contributed by atoms with Crippen LogP contribution < -0.4 is 0 Å². The Hall–Kier alpha value is -1.09. The van der Waals surface area contributed by atoms with Crippen molar-refractivity contribution in [2.45, 2.75) is 6.92 Å². The fourth-order valence-electron chi connectivity index (χ4n) is 0.403. The van der Waals surface area contributed by atoms with Gasteiger partial charge in [0.2, 0.25) is 5.90 Å². The Morgan fingerprint density at radius 2 is 2.36 bits per heavy atom. The topological polar surface area (TPSA) is 41.8 Å². The molecule has 3 heteroatoms. The van der Waals surface area contributed by atoms with Crippen molar-refractivity contribution >= 4 is 5.90 Å². The largest absolute Gasteiger partial charge is 0.481 e. The molecule has 3 nitrogen and oxygen atoms in total. The van der Waals surface area contributed by atoms with Gasteiger partial charge in [0.25, 0.3) is 0 Å². The van der Waals surface area contributed by atoms with E-state index in [1.807, 2.05) is 0 Å². The Bertz CT molecular complexity index is 183. The molecule has 0 fully saturated rings. The Kier molecular flexibility index (Phi) is 5.11. The van der Waals surface area contributed by atoms with Crippen LogP contribution in [0.2, 0.25) is 0 Å². The third-order valence-corrected chi connectivity index (χ3v) is 1.05. The van der Waals surface area contributed by atoms with Crippen molar-refractivity contribution in [3.05, 3.63) is 24.4 Å². The monoisotopic (exact) mass is 155 g/mol. The first-order valence-corrected chi connectivity index (χ1v) is 3.25. The van der Waals surface area contributed by atoms with Crippen LogP contribution in [0, 0.1) is 0 Å². The van der Waals surface area contributed by atoms with E-state index in [0.717, 1.165) is 5.57 Å². The number of aliphatic hydroxyl groups excluding tert-OH is 1. The summed E-state index contributed by atoms with van der Waals surface area (Å²) in [6.45, 7) is 5.28. The van der Waals surface area contributed by atoms with Gasteiger partial charge in [0.05, 0.1) is 13.7 Å². The maximum atomic E-state index is 8.59. The molecule has 0 aromatic rings. The molecule has 62 valence electrons. The molecule has 0 aromatic carbocycles. The molecule has 0 aromatic heterocycles. The van der Waals surface area contributed by atoms with Gasteiger partial charge >= 0.3 is 0 Å². The van der Waals surface area contributed by atoms with Gasteiger partial charge in [-0.15, -0.1) is 0 Å². The fraction of sp³-hybridized carbons (Fsp3) is 0.375. The summed E-state index contributed by atoms with van der Waals surface area (Å²) in [6, 6.07) is 0. The van der Waals surface area contributed by atoms with Crippen molar-refractivity contribution in [3.8, 4) is 0 Å². The number of aliphatic hydroxyl groups is 1. The van der Waals surface area contributed by atoms with Crippen LogP contribution >= 0.6 is 0 Å². The van der Waals surface area contributed by atoms with Crippen LogP contribution in [0.4, 0.5) is 0 Å². The summed E-state index contributed by atoms with van der Waals surface area (Å²) in [5, 5.41) is 8.59. The fourth-order valence-corrected chi connectivity index (χ4v) is 0.403. The zero-order valence-corrected chi connectivity index (χ0v) is 6.87. The lowest BCUT2D eigenvalue weighted by atomic mass is 10.4. The van der Waals surface area contributed by atoms with E-state index in [4.69, 9.17) is 9.84 Å². The predicted molar refractivity (Wildman–Crippen MR) is 45.5 cm³/mol. The van der Waals surface area contributed by atoms with E-state index in [1.54, 1.807) is 13.1 Å². The van der Waals surface area contributed by atoms with Gasteiger partial charge < -0.3 is 9.84 Å². The Morgan fingerprint density at radius 1 is 1.73 bits per heavy atom. The molecule has 0 atom stereocenters. The second kappa shape index (κ2) is 5.68. The quantitative estimate of drug-likeness (QED) is 0.490. The first kappa shape index (κ1) is 9.91. The highest BCUT2D eigenvalue weighted by molar-refractivity contribution is 5.87. The SMILES string of the molecule is C=CC(=N/C=C(\C)CO)OC. The molecule has 0 amide bonds. The molecule has 1 N–H and O–H groups in total. The predicted octanol–water partition coefficient (Wildman–Crippen LogP) is 1.11. The average Bonchev–Trinajstić information content (AvgIpc) is 2.06. The van der Waals surface area contributed by atoms with Gasteiger partial charge in [-0.05, 0) is 18.6 Å². The van der Waals surface area contributed by atoms with Crippen LogP contribution in [0.25, 0.3) is 0 Å². The third kappa shape index (κ3) is 4.33. The maximum Gasteiger partial charge on any atom is 0.212 e. The first-order chi connectivity index (χ1) is 5.24. The number of hydrogen-bond donors (Lipinski definition) is 1. The van der Waals surface area contributed by atoms with Crippen molar-refractivity contribution in [1.82, 2.24) is 0 Å². The normalized spacial score (nSPS) is 13.0. The summed E-state index contributed by atoms with van der Waals surface area (Å²) in [6.07, 6.45) is 3.04. The van der Waals surface area contributed by atoms with Gasteiger partial charge in [-0.3, -0.25) is 0 Å². The van der Waals surface area contributed by atoms with Gasteiger partial charge in [0.1, 0.15) is 0 Å². The van der Waals surface area contributed by atoms with Crippen LogP contribution in [-0.4, -0.2) is 24.7 Å². The molecule has 0 saturated carbocycles. The number of hydrogen-bond acceptors (Lipinski definition) is 3. The van der Waals surface area contributed by atoms with Gasteiger partial charge in [-0.1, -0.05) is 6.58 Å². The van der Waals surface area contributed by atoms with E-state index in [-0.39, 0.29) is 6.61 Å². The molecule has 0 saturated heterocycles. The molecule has 0 rings (SSSR count). The zero-order valence-electron chi connectivity index (χ0n) is 6.87. The number of ether oxygens (including phenoxy) is 1. The summed E-state index contributed by atoms with van der Waals surface area (Å²) in [5.41, 5.74) is 0.779. The van der Waals surface area contributed by atoms with Crippen molar-refractivity contribution in [2.24, 2.45) is 4.99 Å². The third-order valence-electron chi connectivity index (χ3n) is 1.05. The van der Waals surface area contributed by atoms with Crippen LogP contribution in [0.5, 0.6) is 0 Å². The summed E-state index contributed by atoms with van der Waals surface area (Å²) in [4.78, 5) is 3.89. The van der Waals surface area contributed by atoms with Crippen LogP contribution in [0.3, 0.4) is 0 Å². The Labute approximate surface area is 66.7 Å². The molecule has 0 aliphatic carbocycles. The Morgan fingerprint density at radius 3 is 2.73 bits per heavy atom. The first-order valence-electron chi connectivity index (χ1n) is 3.25. The highest BCUT2D eigenvalue weighted by Gasteiger charge is 1.86. The van der Waals surface area contributed by atoms with E-state index in [0.29, 0.717) is 5.90 Å². The number of methoxy groups -OCH3 is 1. The second-order valence-electron chi connectivity index (χ2n) is 2.01. The van der Waals surface area contributed by atoms with Crippen molar-refractivity contribution in [1.29, 1.82) is 0 Å². The number of aliphatic imine (C=N–C) groups is 1. The molecule has 0 bridgehead atoms. The van der Waals surface area contributed by atoms with Gasteiger partial charge in [-0.25, -0.2) is 4.99 Å². The van der Waals surface area contributed by atoms with E-state index < -0.39 is 0 Å².